The van der Waals surface area contributed by atoms with Crippen LogP contribution in [-0.2, 0) is 6.54 Å². The first-order chi connectivity index (χ1) is 10.2. The Labute approximate surface area is 124 Å². The molecule has 1 aliphatic rings. The van der Waals surface area contributed by atoms with Crippen molar-refractivity contribution in [3.63, 3.8) is 0 Å². The molecular weight excluding hydrogens is 266 g/mol. The molecule has 2 heterocycles. The summed E-state index contributed by atoms with van der Waals surface area (Å²) >= 11 is 0. The Morgan fingerprint density at radius 2 is 2.24 bits per heavy atom. The SMILES string of the molecule is CCC1CCCCN1Cc1ccc2oc(C(=O)O)cc2c1. The van der Waals surface area contributed by atoms with Gasteiger partial charge in [-0.15, -0.1) is 0 Å². The van der Waals surface area contributed by atoms with E-state index in [0.29, 0.717) is 11.6 Å². The quantitative estimate of drug-likeness (QED) is 0.926. The lowest BCUT2D eigenvalue weighted by Gasteiger charge is -2.35. The maximum atomic E-state index is 11.0. The number of hydrogen-bond acceptors (Lipinski definition) is 3. The minimum absolute atomic E-state index is 0.00607. The molecule has 4 nitrogen and oxygen atoms in total. The van der Waals surface area contributed by atoms with Crippen LogP contribution in [0, 0.1) is 0 Å². The number of likely N-dealkylation sites (tertiary alicyclic amines) is 1. The van der Waals surface area contributed by atoms with E-state index < -0.39 is 5.97 Å². The number of carboxylic acid groups (broad SMARTS) is 1. The first-order valence-corrected chi connectivity index (χ1v) is 7.67. The third kappa shape index (κ3) is 2.95. The van der Waals surface area contributed by atoms with Crippen LogP contribution in [0.1, 0.15) is 48.7 Å². The second-order valence-electron chi connectivity index (χ2n) is 5.82. The minimum Gasteiger partial charge on any atom is -0.475 e. The number of fused-ring (bicyclic) bond motifs is 1. The predicted molar refractivity (Wildman–Crippen MR) is 81.5 cm³/mol. The summed E-state index contributed by atoms with van der Waals surface area (Å²) < 4.78 is 5.30. The average molecular weight is 287 g/mol. The Balaban J connectivity index is 1.81. The van der Waals surface area contributed by atoms with Gasteiger partial charge in [-0.2, -0.15) is 0 Å². The highest BCUT2D eigenvalue weighted by atomic mass is 16.4. The van der Waals surface area contributed by atoms with Crippen molar-refractivity contribution in [2.24, 2.45) is 0 Å². The summed E-state index contributed by atoms with van der Waals surface area (Å²) in [6, 6.07) is 8.25. The van der Waals surface area contributed by atoms with Crippen LogP contribution in [0.3, 0.4) is 0 Å². The van der Waals surface area contributed by atoms with Crippen molar-refractivity contribution in [3.05, 3.63) is 35.6 Å². The van der Waals surface area contributed by atoms with E-state index >= 15 is 0 Å². The van der Waals surface area contributed by atoms with Crippen LogP contribution in [0.2, 0.25) is 0 Å². The summed E-state index contributed by atoms with van der Waals surface area (Å²) in [5, 5.41) is 9.85. The third-order valence-electron chi connectivity index (χ3n) is 4.40. The Morgan fingerprint density at radius 3 is 3.00 bits per heavy atom. The zero-order chi connectivity index (χ0) is 14.8. The second-order valence-corrected chi connectivity index (χ2v) is 5.82. The summed E-state index contributed by atoms with van der Waals surface area (Å²) in [5.74, 6) is -1.01. The normalized spacial score (nSPS) is 20.0. The fraction of sp³-hybridized carbons (Fsp3) is 0.471. The largest absolute Gasteiger partial charge is 0.475 e. The number of hydrogen-bond donors (Lipinski definition) is 1. The van der Waals surface area contributed by atoms with Crippen molar-refractivity contribution in [2.45, 2.75) is 45.2 Å². The number of carboxylic acids is 1. The standard InChI is InChI=1S/C17H21NO3/c1-2-14-5-3-4-8-18(14)11-12-6-7-15-13(9-12)10-16(21-15)17(19)20/h6-7,9-10,14H,2-5,8,11H2,1H3,(H,19,20). The molecular formula is C17H21NO3. The Bertz CT molecular complexity index is 647. The van der Waals surface area contributed by atoms with Gasteiger partial charge in [0, 0.05) is 18.0 Å². The Morgan fingerprint density at radius 1 is 1.38 bits per heavy atom. The van der Waals surface area contributed by atoms with Gasteiger partial charge in [0.15, 0.2) is 0 Å². The van der Waals surface area contributed by atoms with E-state index in [1.165, 1.54) is 31.2 Å². The molecule has 0 saturated carbocycles. The molecule has 1 N–H and O–H groups in total. The van der Waals surface area contributed by atoms with Gasteiger partial charge in [-0.05, 0) is 49.6 Å². The molecule has 1 atom stereocenters. The average Bonchev–Trinajstić information content (AvgIpc) is 2.91. The van der Waals surface area contributed by atoms with E-state index in [4.69, 9.17) is 9.52 Å². The zero-order valence-corrected chi connectivity index (χ0v) is 12.3. The maximum absolute atomic E-state index is 11.0. The van der Waals surface area contributed by atoms with E-state index in [2.05, 4.69) is 11.8 Å². The van der Waals surface area contributed by atoms with Gasteiger partial charge in [-0.3, -0.25) is 4.90 Å². The van der Waals surface area contributed by atoms with Gasteiger partial charge in [-0.25, -0.2) is 4.79 Å². The van der Waals surface area contributed by atoms with Crippen LogP contribution in [-0.4, -0.2) is 28.6 Å². The fourth-order valence-electron chi connectivity index (χ4n) is 3.26. The van der Waals surface area contributed by atoms with E-state index in [9.17, 15) is 4.79 Å². The molecule has 4 heteroatoms. The van der Waals surface area contributed by atoms with Crippen LogP contribution in [0.4, 0.5) is 0 Å². The monoisotopic (exact) mass is 287 g/mol. The van der Waals surface area contributed by atoms with Crippen LogP contribution in [0.5, 0.6) is 0 Å². The summed E-state index contributed by atoms with van der Waals surface area (Å²) in [6.45, 7) is 4.34. The molecule has 112 valence electrons. The number of benzene rings is 1. The summed E-state index contributed by atoms with van der Waals surface area (Å²) in [7, 11) is 0. The van der Waals surface area contributed by atoms with Gasteiger partial charge < -0.3 is 9.52 Å². The van der Waals surface area contributed by atoms with Gasteiger partial charge in [0.05, 0.1) is 0 Å². The number of aromatic carboxylic acids is 1. The molecule has 1 aromatic carbocycles. The number of nitrogens with zero attached hydrogens (tertiary/aromatic N) is 1. The van der Waals surface area contributed by atoms with Crippen LogP contribution >= 0.6 is 0 Å². The molecule has 1 aromatic heterocycles. The van der Waals surface area contributed by atoms with E-state index in [1.54, 1.807) is 6.07 Å². The maximum Gasteiger partial charge on any atom is 0.371 e. The molecule has 0 radical (unpaired) electrons. The van der Waals surface area contributed by atoms with Crippen molar-refractivity contribution in [1.82, 2.24) is 4.90 Å². The lowest BCUT2D eigenvalue weighted by Crippen LogP contribution is -2.38. The van der Waals surface area contributed by atoms with E-state index in [-0.39, 0.29) is 5.76 Å². The van der Waals surface area contributed by atoms with Crippen molar-refractivity contribution in [1.29, 1.82) is 0 Å². The van der Waals surface area contributed by atoms with Gasteiger partial charge in [-0.1, -0.05) is 19.4 Å². The number of carbonyl (C=O) groups is 1. The topological polar surface area (TPSA) is 53.7 Å². The second kappa shape index (κ2) is 5.90. The molecule has 3 rings (SSSR count). The highest BCUT2D eigenvalue weighted by Gasteiger charge is 2.21. The van der Waals surface area contributed by atoms with Gasteiger partial charge in [0.25, 0.3) is 0 Å². The zero-order valence-electron chi connectivity index (χ0n) is 12.3. The first-order valence-electron chi connectivity index (χ1n) is 7.67. The predicted octanol–water partition coefficient (Wildman–Crippen LogP) is 3.90. The van der Waals surface area contributed by atoms with Crippen molar-refractivity contribution >= 4 is 16.9 Å². The van der Waals surface area contributed by atoms with Gasteiger partial charge >= 0.3 is 5.97 Å². The lowest BCUT2D eigenvalue weighted by atomic mass is 9.99. The molecule has 1 aliphatic heterocycles. The molecule has 0 bridgehead atoms. The summed E-state index contributed by atoms with van der Waals surface area (Å²) in [4.78, 5) is 13.5. The van der Waals surface area contributed by atoms with Crippen molar-refractivity contribution in [3.8, 4) is 0 Å². The summed E-state index contributed by atoms with van der Waals surface area (Å²) in [6.07, 6.45) is 5.08. The van der Waals surface area contributed by atoms with Gasteiger partial charge in [0.2, 0.25) is 5.76 Å². The molecule has 1 unspecified atom stereocenters. The highest BCUT2D eigenvalue weighted by molar-refractivity contribution is 5.91. The number of piperidine rings is 1. The third-order valence-corrected chi connectivity index (χ3v) is 4.40. The fourth-order valence-corrected chi connectivity index (χ4v) is 3.26. The lowest BCUT2D eigenvalue weighted by molar-refractivity contribution is 0.0665. The first kappa shape index (κ1) is 14.1. The van der Waals surface area contributed by atoms with Gasteiger partial charge in [0.1, 0.15) is 5.58 Å². The van der Waals surface area contributed by atoms with E-state index in [1.807, 2.05) is 18.2 Å². The number of furan rings is 1. The molecule has 1 fully saturated rings. The van der Waals surface area contributed by atoms with Crippen molar-refractivity contribution in [2.75, 3.05) is 6.54 Å². The minimum atomic E-state index is -1.02. The summed E-state index contributed by atoms with van der Waals surface area (Å²) in [5.41, 5.74) is 1.86. The molecule has 0 spiro atoms. The van der Waals surface area contributed by atoms with Crippen LogP contribution in [0.15, 0.2) is 28.7 Å². The van der Waals surface area contributed by atoms with Crippen molar-refractivity contribution < 1.29 is 14.3 Å². The Hall–Kier alpha value is -1.81. The van der Waals surface area contributed by atoms with E-state index in [0.717, 1.165) is 18.5 Å². The molecule has 2 aromatic rings. The Kier molecular flexibility index (Phi) is 3.97. The molecule has 0 aliphatic carbocycles. The smallest absolute Gasteiger partial charge is 0.371 e. The molecule has 21 heavy (non-hydrogen) atoms. The number of rotatable bonds is 4. The van der Waals surface area contributed by atoms with Crippen LogP contribution in [0.25, 0.3) is 11.0 Å². The van der Waals surface area contributed by atoms with Crippen LogP contribution < -0.4 is 0 Å². The highest BCUT2D eigenvalue weighted by Crippen LogP contribution is 2.25. The molecule has 1 saturated heterocycles. The molecule has 0 amide bonds.